The van der Waals surface area contributed by atoms with E-state index in [0.29, 0.717) is 6.61 Å². The minimum atomic E-state index is -0.517. The Balaban J connectivity index is 1.89. The summed E-state index contributed by atoms with van der Waals surface area (Å²) >= 11 is 0. The van der Waals surface area contributed by atoms with Crippen LogP contribution in [0.5, 0.6) is 0 Å². The third-order valence-corrected chi connectivity index (χ3v) is 3.76. The van der Waals surface area contributed by atoms with Crippen LogP contribution in [0.2, 0.25) is 0 Å². The molecule has 1 aromatic rings. The summed E-state index contributed by atoms with van der Waals surface area (Å²) in [5, 5.41) is 2.91. The van der Waals surface area contributed by atoms with Crippen molar-refractivity contribution in [1.82, 2.24) is 5.32 Å². The molecule has 5 heteroatoms. The third kappa shape index (κ3) is 6.18. The van der Waals surface area contributed by atoms with E-state index in [-0.39, 0.29) is 18.0 Å². The molecule has 2 rings (SSSR count). The van der Waals surface area contributed by atoms with Crippen molar-refractivity contribution in [2.75, 3.05) is 0 Å². The lowest BCUT2D eigenvalue weighted by Crippen LogP contribution is -2.47. The van der Waals surface area contributed by atoms with Gasteiger partial charge in [0.25, 0.3) is 0 Å². The molecule has 23 heavy (non-hydrogen) atoms. The van der Waals surface area contributed by atoms with Crippen LogP contribution in [0, 0.1) is 5.82 Å². The van der Waals surface area contributed by atoms with Crippen molar-refractivity contribution >= 4 is 6.09 Å². The van der Waals surface area contributed by atoms with Gasteiger partial charge in [-0.3, -0.25) is 0 Å². The first-order chi connectivity index (χ1) is 10.8. The molecule has 0 saturated heterocycles. The topological polar surface area (TPSA) is 47.6 Å². The van der Waals surface area contributed by atoms with Gasteiger partial charge in [-0.05, 0) is 51.3 Å². The number of benzene rings is 1. The van der Waals surface area contributed by atoms with Gasteiger partial charge in [0.05, 0.1) is 18.8 Å². The van der Waals surface area contributed by atoms with Crippen LogP contribution in [0.25, 0.3) is 0 Å². The zero-order valence-corrected chi connectivity index (χ0v) is 14.1. The predicted molar refractivity (Wildman–Crippen MR) is 86.6 cm³/mol. The molecule has 0 aromatic heterocycles. The summed E-state index contributed by atoms with van der Waals surface area (Å²) in [6, 6.07) is 6.33. The number of hydrogen-bond acceptors (Lipinski definition) is 3. The van der Waals surface area contributed by atoms with Crippen LogP contribution < -0.4 is 5.32 Å². The first kappa shape index (κ1) is 17.7. The second kappa shape index (κ2) is 7.77. The molecule has 0 heterocycles. The van der Waals surface area contributed by atoms with Crippen molar-refractivity contribution in [1.29, 1.82) is 0 Å². The fourth-order valence-corrected chi connectivity index (χ4v) is 2.75. The second-order valence-electron chi connectivity index (χ2n) is 7.02. The number of ether oxygens (including phenoxy) is 2. The molecular formula is C18H26FNO3. The number of halogens is 1. The number of rotatable bonds is 4. The average Bonchev–Trinajstić information content (AvgIpc) is 2.44. The monoisotopic (exact) mass is 323 g/mol. The molecule has 1 N–H and O–H groups in total. The molecule has 2 atom stereocenters. The second-order valence-corrected chi connectivity index (χ2v) is 7.02. The van der Waals surface area contributed by atoms with Crippen LogP contribution in [0.15, 0.2) is 24.3 Å². The van der Waals surface area contributed by atoms with Gasteiger partial charge in [0.15, 0.2) is 0 Å². The van der Waals surface area contributed by atoms with Crippen LogP contribution in [0.4, 0.5) is 9.18 Å². The highest BCUT2D eigenvalue weighted by Crippen LogP contribution is 2.23. The van der Waals surface area contributed by atoms with Gasteiger partial charge in [0.2, 0.25) is 0 Å². The van der Waals surface area contributed by atoms with Gasteiger partial charge in [0.1, 0.15) is 11.4 Å². The van der Waals surface area contributed by atoms with Gasteiger partial charge in [-0.1, -0.05) is 25.0 Å². The van der Waals surface area contributed by atoms with Crippen molar-refractivity contribution in [3.63, 3.8) is 0 Å². The highest BCUT2D eigenvalue weighted by molar-refractivity contribution is 5.68. The summed E-state index contributed by atoms with van der Waals surface area (Å²) in [6.45, 7) is 5.86. The molecular weight excluding hydrogens is 297 g/mol. The minimum absolute atomic E-state index is 0.0628. The smallest absolute Gasteiger partial charge is 0.407 e. The highest BCUT2D eigenvalue weighted by atomic mass is 19.1. The Bertz CT molecular complexity index is 527. The first-order valence-electron chi connectivity index (χ1n) is 8.19. The molecule has 1 aliphatic carbocycles. The van der Waals surface area contributed by atoms with Crippen molar-refractivity contribution in [2.45, 2.75) is 70.8 Å². The van der Waals surface area contributed by atoms with Gasteiger partial charge >= 0.3 is 6.09 Å². The summed E-state index contributed by atoms with van der Waals surface area (Å²) in [7, 11) is 0. The Labute approximate surface area is 137 Å². The molecule has 0 unspecified atom stereocenters. The number of alkyl carbamates (subject to hydrolysis) is 1. The number of carbonyl (C=O) groups excluding carboxylic acids is 1. The Kier molecular flexibility index (Phi) is 5.99. The maximum absolute atomic E-state index is 13.2. The molecule has 0 spiro atoms. The first-order valence-corrected chi connectivity index (χ1v) is 8.19. The zero-order valence-electron chi connectivity index (χ0n) is 14.1. The molecule has 4 nitrogen and oxygen atoms in total. The molecule has 0 bridgehead atoms. The van der Waals surface area contributed by atoms with E-state index in [1.807, 2.05) is 26.8 Å². The molecule has 0 radical (unpaired) electrons. The van der Waals surface area contributed by atoms with E-state index in [9.17, 15) is 9.18 Å². The van der Waals surface area contributed by atoms with E-state index >= 15 is 0 Å². The number of amides is 1. The third-order valence-electron chi connectivity index (χ3n) is 3.76. The molecule has 1 fully saturated rings. The Morgan fingerprint density at radius 1 is 1.30 bits per heavy atom. The van der Waals surface area contributed by atoms with E-state index in [2.05, 4.69) is 5.32 Å². The summed E-state index contributed by atoms with van der Waals surface area (Å²) in [5.41, 5.74) is 0.281. The molecule has 1 aliphatic rings. The molecule has 1 saturated carbocycles. The van der Waals surface area contributed by atoms with Crippen molar-refractivity contribution < 1.29 is 18.7 Å². The molecule has 1 amide bonds. The summed E-state index contributed by atoms with van der Waals surface area (Å²) in [5.74, 6) is -0.266. The van der Waals surface area contributed by atoms with Gasteiger partial charge in [-0.15, -0.1) is 0 Å². The lowest BCUT2D eigenvalue weighted by Gasteiger charge is -2.32. The lowest BCUT2D eigenvalue weighted by molar-refractivity contribution is -0.0114. The lowest BCUT2D eigenvalue weighted by atomic mass is 9.92. The van der Waals surface area contributed by atoms with Gasteiger partial charge in [-0.25, -0.2) is 9.18 Å². The van der Waals surface area contributed by atoms with Crippen LogP contribution in [-0.4, -0.2) is 23.8 Å². The number of hydrogen-bond donors (Lipinski definition) is 1. The van der Waals surface area contributed by atoms with E-state index < -0.39 is 11.7 Å². The van der Waals surface area contributed by atoms with Crippen molar-refractivity contribution in [3.8, 4) is 0 Å². The molecule has 128 valence electrons. The van der Waals surface area contributed by atoms with Crippen molar-refractivity contribution in [3.05, 3.63) is 35.6 Å². The summed E-state index contributed by atoms with van der Waals surface area (Å²) in [6.07, 6.45) is 3.40. The zero-order chi connectivity index (χ0) is 16.9. The van der Waals surface area contributed by atoms with Crippen LogP contribution >= 0.6 is 0 Å². The number of nitrogens with one attached hydrogen (secondary N) is 1. The standard InChI is InChI=1S/C18H26FNO3/c1-18(2,3)23-17(21)20-15-9-4-5-10-16(15)22-12-13-7-6-8-14(19)11-13/h6-8,11,15-16H,4-5,9-10,12H2,1-3H3,(H,20,21)/t15-,16-/m1/s1. The predicted octanol–water partition coefficient (Wildman–Crippen LogP) is 4.18. The minimum Gasteiger partial charge on any atom is -0.444 e. The largest absolute Gasteiger partial charge is 0.444 e. The van der Waals surface area contributed by atoms with Crippen LogP contribution in [0.1, 0.15) is 52.0 Å². The maximum Gasteiger partial charge on any atom is 0.407 e. The summed E-state index contributed by atoms with van der Waals surface area (Å²) < 4.78 is 24.5. The Hall–Kier alpha value is -1.62. The SMILES string of the molecule is CC(C)(C)OC(=O)N[C@@H]1CCCC[C@H]1OCc1cccc(F)c1. The highest BCUT2D eigenvalue weighted by Gasteiger charge is 2.29. The fourth-order valence-electron chi connectivity index (χ4n) is 2.75. The van der Waals surface area contributed by atoms with Crippen molar-refractivity contribution in [2.24, 2.45) is 0 Å². The Morgan fingerprint density at radius 3 is 2.74 bits per heavy atom. The molecule has 0 aliphatic heterocycles. The van der Waals surface area contributed by atoms with Gasteiger partial charge in [0, 0.05) is 0 Å². The number of carbonyl (C=O) groups is 1. The fraction of sp³-hybridized carbons (Fsp3) is 0.611. The normalized spacial score (nSPS) is 21.7. The van der Waals surface area contributed by atoms with E-state index in [1.165, 1.54) is 12.1 Å². The van der Waals surface area contributed by atoms with E-state index in [0.717, 1.165) is 31.2 Å². The van der Waals surface area contributed by atoms with Crippen LogP contribution in [0.3, 0.4) is 0 Å². The molecule has 1 aromatic carbocycles. The quantitative estimate of drug-likeness (QED) is 0.904. The van der Waals surface area contributed by atoms with Crippen LogP contribution in [-0.2, 0) is 16.1 Å². The Morgan fingerprint density at radius 2 is 2.04 bits per heavy atom. The van der Waals surface area contributed by atoms with Gasteiger partial charge < -0.3 is 14.8 Å². The van der Waals surface area contributed by atoms with E-state index in [4.69, 9.17) is 9.47 Å². The average molecular weight is 323 g/mol. The van der Waals surface area contributed by atoms with E-state index in [1.54, 1.807) is 6.07 Å². The maximum atomic E-state index is 13.2. The summed E-state index contributed by atoms with van der Waals surface area (Å²) in [4.78, 5) is 12.0. The van der Waals surface area contributed by atoms with Gasteiger partial charge in [-0.2, -0.15) is 0 Å².